The van der Waals surface area contributed by atoms with Crippen LogP contribution in [0.4, 0.5) is 11.4 Å². The molecule has 1 aromatic heterocycles. The minimum absolute atomic E-state index is 0.0378. The summed E-state index contributed by atoms with van der Waals surface area (Å²) < 4.78 is 4.82. The first-order valence-corrected chi connectivity index (χ1v) is 8.46. The van der Waals surface area contributed by atoms with Crippen molar-refractivity contribution < 1.29 is 19.2 Å². The molecule has 0 aliphatic carbocycles. The van der Waals surface area contributed by atoms with Gasteiger partial charge in [-0.25, -0.2) is 4.79 Å². The van der Waals surface area contributed by atoms with Gasteiger partial charge in [-0.05, 0) is 37.5 Å². The van der Waals surface area contributed by atoms with Crippen LogP contribution in [-0.2, 0) is 0 Å². The molecule has 0 atom stereocenters. The number of aromatic hydroxyl groups is 1. The largest absolute Gasteiger partial charge is 0.507 e. The van der Waals surface area contributed by atoms with E-state index in [0.29, 0.717) is 11.3 Å². The van der Waals surface area contributed by atoms with E-state index in [9.17, 15) is 24.8 Å². The Morgan fingerprint density at radius 1 is 1.30 bits per heavy atom. The average molecular weight is 370 g/mol. The van der Waals surface area contributed by atoms with E-state index >= 15 is 0 Å². The maximum atomic E-state index is 12.2. The summed E-state index contributed by atoms with van der Waals surface area (Å²) in [7, 11) is 0. The Balaban J connectivity index is 1.89. The fourth-order valence-electron chi connectivity index (χ4n) is 3.09. The van der Waals surface area contributed by atoms with Gasteiger partial charge in [0.15, 0.2) is 5.78 Å². The Morgan fingerprint density at radius 3 is 2.63 bits per heavy atom. The third-order valence-electron chi connectivity index (χ3n) is 4.37. The zero-order chi connectivity index (χ0) is 19.6. The summed E-state index contributed by atoms with van der Waals surface area (Å²) in [5.41, 5.74) is -0.450. The van der Waals surface area contributed by atoms with Gasteiger partial charge in [-0.2, -0.15) is 0 Å². The first-order valence-electron chi connectivity index (χ1n) is 8.46. The number of rotatable bonds is 5. The Bertz CT molecular complexity index is 986. The fraction of sp³-hybridized carbons (Fsp3) is 0.263. The third-order valence-corrected chi connectivity index (χ3v) is 4.37. The minimum Gasteiger partial charge on any atom is -0.507 e. The van der Waals surface area contributed by atoms with Gasteiger partial charge in [0.2, 0.25) is 0 Å². The lowest BCUT2D eigenvalue weighted by Crippen LogP contribution is -2.18. The predicted octanol–water partition coefficient (Wildman–Crippen LogP) is 3.06. The van der Waals surface area contributed by atoms with Crippen molar-refractivity contribution in [1.29, 1.82) is 0 Å². The van der Waals surface area contributed by atoms with Gasteiger partial charge < -0.3 is 14.4 Å². The minimum atomic E-state index is -0.933. The Labute approximate surface area is 154 Å². The van der Waals surface area contributed by atoms with Gasteiger partial charge in [0, 0.05) is 25.2 Å². The molecule has 27 heavy (non-hydrogen) atoms. The number of hydrogen-bond acceptors (Lipinski definition) is 7. The normalized spacial score (nSPS) is 14.0. The molecule has 1 aliphatic heterocycles. The van der Waals surface area contributed by atoms with E-state index in [4.69, 9.17) is 4.42 Å². The second kappa shape index (κ2) is 7.45. The second-order valence-electron chi connectivity index (χ2n) is 6.30. The number of aryl methyl sites for hydroxylation is 1. The Kier molecular flexibility index (Phi) is 5.07. The monoisotopic (exact) mass is 370 g/mol. The number of benzene rings is 1. The van der Waals surface area contributed by atoms with E-state index in [1.807, 2.05) is 4.90 Å². The van der Waals surface area contributed by atoms with Gasteiger partial charge in [0.1, 0.15) is 22.8 Å². The molecular formula is C19H18N2O6. The number of nitrogens with zero attached hydrogens (tertiary/aromatic N) is 2. The summed E-state index contributed by atoms with van der Waals surface area (Å²) in [6.45, 7) is 3.03. The van der Waals surface area contributed by atoms with Crippen LogP contribution in [0.2, 0.25) is 0 Å². The van der Waals surface area contributed by atoms with E-state index in [-0.39, 0.29) is 11.4 Å². The standard InChI is InChI=1S/C19H18N2O6/c1-12-10-17(23)18(19(24)27-12)16(22)7-5-13-4-6-14(15(11-13)21(25)26)20-8-2-3-9-20/h4-7,10-11,23H,2-3,8-9H2,1H3/b7-5+. The quantitative estimate of drug-likeness (QED) is 0.372. The van der Waals surface area contributed by atoms with Gasteiger partial charge in [-0.1, -0.05) is 12.1 Å². The highest BCUT2D eigenvalue weighted by molar-refractivity contribution is 6.08. The van der Waals surface area contributed by atoms with Crippen LogP contribution in [0.15, 0.2) is 39.6 Å². The molecule has 2 aromatic rings. The highest BCUT2D eigenvalue weighted by atomic mass is 16.6. The number of nitro benzene ring substituents is 1. The molecule has 8 nitrogen and oxygen atoms in total. The third kappa shape index (κ3) is 3.89. The lowest BCUT2D eigenvalue weighted by molar-refractivity contribution is -0.384. The van der Waals surface area contributed by atoms with Gasteiger partial charge in [-0.15, -0.1) is 0 Å². The van der Waals surface area contributed by atoms with Crippen LogP contribution in [0.5, 0.6) is 5.75 Å². The molecule has 2 heterocycles. The molecule has 3 rings (SSSR count). The van der Waals surface area contributed by atoms with Crippen molar-refractivity contribution in [1.82, 2.24) is 0 Å². The Hall–Kier alpha value is -3.42. The van der Waals surface area contributed by atoms with Gasteiger partial charge in [0.25, 0.3) is 5.69 Å². The average Bonchev–Trinajstić information content (AvgIpc) is 3.13. The van der Waals surface area contributed by atoms with Crippen LogP contribution in [0.1, 0.15) is 34.5 Å². The molecule has 1 aromatic carbocycles. The van der Waals surface area contributed by atoms with Crippen molar-refractivity contribution >= 4 is 23.2 Å². The van der Waals surface area contributed by atoms with Crippen LogP contribution in [0.3, 0.4) is 0 Å². The number of anilines is 1. The summed E-state index contributed by atoms with van der Waals surface area (Å²) >= 11 is 0. The molecule has 0 spiro atoms. The molecule has 0 bridgehead atoms. The highest BCUT2D eigenvalue weighted by Gasteiger charge is 2.22. The molecule has 1 saturated heterocycles. The van der Waals surface area contributed by atoms with E-state index in [1.54, 1.807) is 12.1 Å². The van der Waals surface area contributed by atoms with Crippen molar-refractivity contribution in [2.24, 2.45) is 0 Å². The molecule has 1 aliphatic rings. The number of carbonyl (C=O) groups is 1. The first-order chi connectivity index (χ1) is 12.9. The molecule has 0 unspecified atom stereocenters. The molecule has 140 valence electrons. The number of allylic oxidation sites excluding steroid dienone is 1. The first kappa shape index (κ1) is 18.4. The molecule has 0 saturated carbocycles. The topological polar surface area (TPSA) is 114 Å². The van der Waals surface area contributed by atoms with E-state index in [1.165, 1.54) is 25.1 Å². The van der Waals surface area contributed by atoms with Crippen LogP contribution in [0, 0.1) is 17.0 Å². The number of hydrogen-bond donors (Lipinski definition) is 1. The molecule has 8 heteroatoms. The zero-order valence-electron chi connectivity index (χ0n) is 14.7. The lowest BCUT2D eigenvalue weighted by Gasteiger charge is -2.17. The summed E-state index contributed by atoms with van der Waals surface area (Å²) in [5, 5.41) is 21.2. The second-order valence-corrected chi connectivity index (χ2v) is 6.30. The van der Waals surface area contributed by atoms with Crippen LogP contribution in [-0.4, -0.2) is 28.9 Å². The molecular weight excluding hydrogens is 352 g/mol. The number of nitro groups is 1. The van der Waals surface area contributed by atoms with Gasteiger partial charge in [0.05, 0.1) is 4.92 Å². The molecule has 0 amide bonds. The summed E-state index contributed by atoms with van der Waals surface area (Å²) in [6.07, 6.45) is 4.43. The summed E-state index contributed by atoms with van der Waals surface area (Å²) in [4.78, 5) is 36.9. The van der Waals surface area contributed by atoms with Crippen LogP contribution < -0.4 is 10.5 Å². The predicted molar refractivity (Wildman–Crippen MR) is 99.3 cm³/mol. The lowest BCUT2D eigenvalue weighted by atomic mass is 10.1. The van der Waals surface area contributed by atoms with Gasteiger partial charge >= 0.3 is 5.63 Å². The van der Waals surface area contributed by atoms with Crippen molar-refractivity contribution in [2.45, 2.75) is 19.8 Å². The summed E-state index contributed by atoms with van der Waals surface area (Å²) in [6, 6.07) is 5.89. The molecule has 1 fully saturated rings. The smallest absolute Gasteiger partial charge is 0.351 e. The number of ketones is 1. The van der Waals surface area contributed by atoms with E-state index < -0.39 is 27.6 Å². The maximum absolute atomic E-state index is 12.2. The van der Waals surface area contributed by atoms with Crippen molar-refractivity contribution in [3.8, 4) is 5.75 Å². The summed E-state index contributed by atoms with van der Waals surface area (Å²) in [5.74, 6) is -1.02. The number of carbonyl (C=O) groups excluding carboxylic acids is 1. The molecule has 1 N–H and O–H groups in total. The van der Waals surface area contributed by atoms with Crippen molar-refractivity contribution in [3.63, 3.8) is 0 Å². The highest BCUT2D eigenvalue weighted by Crippen LogP contribution is 2.32. The van der Waals surface area contributed by atoms with E-state index in [2.05, 4.69) is 0 Å². The Morgan fingerprint density at radius 2 is 2.00 bits per heavy atom. The molecule has 0 radical (unpaired) electrons. The van der Waals surface area contributed by atoms with Crippen LogP contribution >= 0.6 is 0 Å². The SMILES string of the molecule is Cc1cc(O)c(C(=O)/C=C/c2ccc(N3CCCC3)c([N+](=O)[O-])c2)c(=O)o1. The van der Waals surface area contributed by atoms with E-state index in [0.717, 1.165) is 32.0 Å². The van der Waals surface area contributed by atoms with Crippen molar-refractivity contribution in [3.05, 3.63) is 67.8 Å². The van der Waals surface area contributed by atoms with Crippen molar-refractivity contribution in [2.75, 3.05) is 18.0 Å². The zero-order valence-corrected chi connectivity index (χ0v) is 14.7. The van der Waals surface area contributed by atoms with Crippen LogP contribution in [0.25, 0.3) is 6.08 Å². The maximum Gasteiger partial charge on any atom is 0.351 e. The van der Waals surface area contributed by atoms with Gasteiger partial charge in [-0.3, -0.25) is 14.9 Å². The fourth-order valence-corrected chi connectivity index (χ4v) is 3.09.